The Morgan fingerprint density at radius 1 is 1.22 bits per heavy atom. The van der Waals surface area contributed by atoms with Crippen LogP contribution in [0, 0.1) is 5.82 Å². The third-order valence-corrected chi connectivity index (χ3v) is 6.06. The highest BCUT2D eigenvalue weighted by Crippen LogP contribution is 2.32. The van der Waals surface area contributed by atoms with Crippen LogP contribution in [0.1, 0.15) is 36.8 Å². The first-order chi connectivity index (χ1) is 12.8. The minimum Gasteiger partial charge on any atom is -0.326 e. The van der Waals surface area contributed by atoms with Crippen LogP contribution in [-0.2, 0) is 21.2 Å². The second-order valence-electron chi connectivity index (χ2n) is 6.84. The Labute approximate surface area is 159 Å². The van der Waals surface area contributed by atoms with E-state index in [1.165, 1.54) is 22.7 Å². The predicted molar refractivity (Wildman–Crippen MR) is 105 cm³/mol. The van der Waals surface area contributed by atoms with Crippen LogP contribution in [0.4, 0.5) is 15.8 Å². The van der Waals surface area contributed by atoms with E-state index in [1.54, 1.807) is 24.3 Å². The molecule has 1 amide bonds. The smallest absolute Gasteiger partial charge is 0.232 e. The topological polar surface area (TPSA) is 66.5 Å². The van der Waals surface area contributed by atoms with Crippen LogP contribution in [0.2, 0.25) is 0 Å². The van der Waals surface area contributed by atoms with Gasteiger partial charge in [-0.05, 0) is 60.2 Å². The van der Waals surface area contributed by atoms with Gasteiger partial charge in [0, 0.05) is 18.7 Å². The van der Waals surface area contributed by atoms with Crippen molar-refractivity contribution >= 4 is 27.3 Å². The molecular weight excluding hydrogens is 367 g/mol. The molecular formula is C20H23FN2O3S. The number of nitrogens with one attached hydrogen (secondary N) is 1. The number of carbonyl (C=O) groups excluding carboxylic acids is 1. The van der Waals surface area contributed by atoms with E-state index < -0.39 is 10.0 Å². The van der Waals surface area contributed by atoms with Gasteiger partial charge in [0.2, 0.25) is 15.9 Å². The first-order valence-electron chi connectivity index (χ1n) is 8.94. The number of fused-ring (bicyclic) bond motifs is 1. The van der Waals surface area contributed by atoms with Crippen molar-refractivity contribution in [1.29, 1.82) is 0 Å². The van der Waals surface area contributed by atoms with Gasteiger partial charge in [0.05, 0.1) is 11.9 Å². The Morgan fingerprint density at radius 2 is 1.93 bits per heavy atom. The number of hydrogen-bond donors (Lipinski definition) is 1. The lowest BCUT2D eigenvalue weighted by atomic mass is 9.93. The van der Waals surface area contributed by atoms with E-state index in [-0.39, 0.29) is 17.6 Å². The number of halogens is 1. The van der Waals surface area contributed by atoms with E-state index in [2.05, 4.69) is 5.32 Å². The van der Waals surface area contributed by atoms with Gasteiger partial charge in [-0.3, -0.25) is 9.10 Å². The van der Waals surface area contributed by atoms with Crippen LogP contribution < -0.4 is 9.62 Å². The molecule has 144 valence electrons. The van der Waals surface area contributed by atoms with Crippen molar-refractivity contribution in [3.8, 4) is 0 Å². The van der Waals surface area contributed by atoms with E-state index in [4.69, 9.17) is 0 Å². The Balaban J connectivity index is 1.68. The molecule has 3 rings (SSSR count). The largest absolute Gasteiger partial charge is 0.326 e. The summed E-state index contributed by atoms with van der Waals surface area (Å²) in [7, 11) is -3.29. The lowest BCUT2D eigenvalue weighted by Crippen LogP contribution is -2.27. The molecule has 0 saturated heterocycles. The molecule has 1 atom stereocenters. The van der Waals surface area contributed by atoms with Crippen LogP contribution in [-0.4, -0.2) is 27.1 Å². The Morgan fingerprint density at radius 3 is 2.56 bits per heavy atom. The SMILES string of the molecule is CCC(CC(=O)Nc1ccc2c(c1)CCN2S(C)(=O)=O)c1ccc(F)cc1. The maximum atomic E-state index is 13.1. The lowest BCUT2D eigenvalue weighted by Gasteiger charge is -2.17. The van der Waals surface area contributed by atoms with Crippen LogP contribution in [0.5, 0.6) is 0 Å². The molecule has 2 aromatic rings. The molecule has 5 nitrogen and oxygen atoms in total. The summed E-state index contributed by atoms with van der Waals surface area (Å²) in [5, 5.41) is 2.89. The van der Waals surface area contributed by atoms with Crippen molar-refractivity contribution in [2.75, 3.05) is 22.4 Å². The molecule has 1 aliphatic heterocycles. The molecule has 1 unspecified atom stereocenters. The summed E-state index contributed by atoms with van der Waals surface area (Å²) in [6.07, 6.45) is 2.89. The summed E-state index contributed by atoms with van der Waals surface area (Å²) in [5.41, 5.74) is 3.17. The average molecular weight is 390 g/mol. The molecule has 0 bridgehead atoms. The average Bonchev–Trinajstić information content (AvgIpc) is 3.04. The minimum atomic E-state index is -3.29. The lowest BCUT2D eigenvalue weighted by molar-refractivity contribution is -0.116. The normalized spacial score (nSPS) is 14.7. The molecule has 7 heteroatoms. The number of anilines is 2. The van der Waals surface area contributed by atoms with Crippen LogP contribution in [0.3, 0.4) is 0 Å². The van der Waals surface area contributed by atoms with E-state index in [9.17, 15) is 17.6 Å². The first-order valence-corrected chi connectivity index (χ1v) is 10.8. The monoisotopic (exact) mass is 390 g/mol. The number of hydrogen-bond acceptors (Lipinski definition) is 3. The number of nitrogens with zero attached hydrogens (tertiary/aromatic N) is 1. The standard InChI is InChI=1S/C20H23FN2O3S/c1-3-14(15-4-6-17(21)7-5-15)13-20(24)22-18-8-9-19-16(12-18)10-11-23(19)27(2,25)26/h4-9,12,14H,3,10-11,13H2,1-2H3,(H,22,24). The van der Waals surface area contributed by atoms with Crippen molar-refractivity contribution in [3.63, 3.8) is 0 Å². The number of amides is 1. The van der Waals surface area contributed by atoms with Crippen LogP contribution in [0.25, 0.3) is 0 Å². The number of sulfonamides is 1. The zero-order valence-electron chi connectivity index (χ0n) is 15.4. The van der Waals surface area contributed by atoms with Crippen LogP contribution >= 0.6 is 0 Å². The molecule has 1 aliphatic rings. The molecule has 0 aliphatic carbocycles. The van der Waals surface area contributed by atoms with Gasteiger partial charge in [0.1, 0.15) is 5.82 Å². The highest BCUT2D eigenvalue weighted by molar-refractivity contribution is 7.92. The fraction of sp³-hybridized carbons (Fsp3) is 0.350. The number of rotatable bonds is 6. The molecule has 27 heavy (non-hydrogen) atoms. The summed E-state index contributed by atoms with van der Waals surface area (Å²) >= 11 is 0. The predicted octanol–water partition coefficient (Wildman–Crippen LogP) is 3.67. The molecule has 2 aromatic carbocycles. The Bertz CT molecular complexity index is 942. The highest BCUT2D eigenvalue weighted by Gasteiger charge is 2.26. The number of carbonyl (C=O) groups is 1. The Kier molecular flexibility index (Phi) is 5.51. The van der Waals surface area contributed by atoms with E-state index in [0.717, 1.165) is 17.5 Å². The van der Waals surface area contributed by atoms with Crippen molar-refractivity contribution in [2.24, 2.45) is 0 Å². The van der Waals surface area contributed by atoms with E-state index in [1.807, 2.05) is 13.0 Å². The first kappa shape index (κ1) is 19.4. The van der Waals surface area contributed by atoms with E-state index in [0.29, 0.717) is 30.8 Å². The minimum absolute atomic E-state index is 0.0146. The summed E-state index contributed by atoms with van der Waals surface area (Å²) in [6.45, 7) is 2.42. The molecule has 0 saturated carbocycles. The second kappa shape index (κ2) is 7.68. The summed E-state index contributed by atoms with van der Waals surface area (Å²) < 4.78 is 38.1. The molecule has 0 aromatic heterocycles. The summed E-state index contributed by atoms with van der Waals surface area (Å²) in [4.78, 5) is 12.5. The van der Waals surface area contributed by atoms with Gasteiger partial charge < -0.3 is 5.32 Å². The summed E-state index contributed by atoms with van der Waals surface area (Å²) in [6, 6.07) is 11.5. The van der Waals surface area contributed by atoms with Gasteiger partial charge in [-0.1, -0.05) is 19.1 Å². The van der Waals surface area contributed by atoms with Crippen molar-refractivity contribution < 1.29 is 17.6 Å². The second-order valence-corrected chi connectivity index (χ2v) is 8.74. The molecule has 1 heterocycles. The quantitative estimate of drug-likeness (QED) is 0.818. The highest BCUT2D eigenvalue weighted by atomic mass is 32.2. The molecule has 0 radical (unpaired) electrons. The number of benzene rings is 2. The van der Waals surface area contributed by atoms with Gasteiger partial charge in [0.25, 0.3) is 0 Å². The molecule has 0 spiro atoms. The maximum absolute atomic E-state index is 13.1. The fourth-order valence-corrected chi connectivity index (χ4v) is 4.42. The molecule has 1 N–H and O–H groups in total. The Hall–Kier alpha value is -2.41. The van der Waals surface area contributed by atoms with Gasteiger partial charge in [-0.25, -0.2) is 12.8 Å². The van der Waals surface area contributed by atoms with E-state index >= 15 is 0 Å². The van der Waals surface area contributed by atoms with Crippen molar-refractivity contribution in [1.82, 2.24) is 0 Å². The van der Waals surface area contributed by atoms with Gasteiger partial charge in [0.15, 0.2) is 0 Å². The maximum Gasteiger partial charge on any atom is 0.232 e. The van der Waals surface area contributed by atoms with Gasteiger partial charge in [-0.15, -0.1) is 0 Å². The molecule has 0 fully saturated rings. The zero-order valence-corrected chi connectivity index (χ0v) is 16.2. The fourth-order valence-electron chi connectivity index (χ4n) is 3.46. The van der Waals surface area contributed by atoms with Crippen LogP contribution in [0.15, 0.2) is 42.5 Å². The van der Waals surface area contributed by atoms with Crippen molar-refractivity contribution in [3.05, 3.63) is 59.4 Å². The van der Waals surface area contributed by atoms with Gasteiger partial charge in [-0.2, -0.15) is 0 Å². The zero-order chi connectivity index (χ0) is 19.6. The summed E-state index contributed by atoms with van der Waals surface area (Å²) in [5.74, 6) is -0.399. The third kappa shape index (κ3) is 4.47. The van der Waals surface area contributed by atoms with Crippen molar-refractivity contribution in [2.45, 2.75) is 32.1 Å². The third-order valence-electron chi connectivity index (χ3n) is 4.88. The van der Waals surface area contributed by atoms with Gasteiger partial charge >= 0.3 is 0 Å².